The number of alkyl halides is 3. The lowest BCUT2D eigenvalue weighted by Gasteiger charge is -2.09. The molecule has 2 N–H and O–H groups in total. The molecule has 0 bridgehead atoms. The first-order valence-corrected chi connectivity index (χ1v) is 3.72. The van der Waals surface area contributed by atoms with Gasteiger partial charge in [-0.1, -0.05) is 6.92 Å². The molecule has 0 aromatic rings. The molecule has 1 nitrogen and oxygen atoms in total. The van der Waals surface area contributed by atoms with Gasteiger partial charge < -0.3 is 5.73 Å². The Morgan fingerprint density at radius 2 is 1.91 bits per heavy atom. The predicted molar refractivity (Wildman–Crippen MR) is 38.1 cm³/mol. The average molecular weight is 169 g/mol. The molecule has 0 aliphatic carbocycles. The second-order valence-electron chi connectivity index (χ2n) is 2.85. The van der Waals surface area contributed by atoms with E-state index in [0.29, 0.717) is 13.0 Å². The molecule has 0 heterocycles. The third-order valence-corrected chi connectivity index (χ3v) is 1.56. The number of hydrogen-bond acceptors (Lipinski definition) is 1. The van der Waals surface area contributed by atoms with Crippen LogP contribution in [0.4, 0.5) is 13.2 Å². The Labute approximate surface area is 64.8 Å². The topological polar surface area (TPSA) is 26.0 Å². The van der Waals surface area contributed by atoms with Gasteiger partial charge in [0, 0.05) is 6.42 Å². The minimum absolute atomic E-state index is 0.196. The van der Waals surface area contributed by atoms with Crippen LogP contribution >= 0.6 is 0 Å². The Hall–Kier alpha value is -0.250. The fourth-order valence-corrected chi connectivity index (χ4v) is 0.769. The molecule has 68 valence electrons. The molecule has 0 fully saturated rings. The van der Waals surface area contributed by atoms with Crippen molar-refractivity contribution in [3.8, 4) is 0 Å². The Morgan fingerprint density at radius 3 is 2.27 bits per heavy atom. The van der Waals surface area contributed by atoms with Crippen molar-refractivity contribution in [3.05, 3.63) is 0 Å². The van der Waals surface area contributed by atoms with Crippen molar-refractivity contribution < 1.29 is 13.2 Å². The first-order chi connectivity index (χ1) is 4.95. The molecular weight excluding hydrogens is 155 g/mol. The van der Waals surface area contributed by atoms with Gasteiger partial charge in [-0.05, 0) is 25.3 Å². The molecule has 0 saturated heterocycles. The first-order valence-electron chi connectivity index (χ1n) is 3.72. The molecular formula is C7H14F3N. The standard InChI is InChI=1S/C7H14F3N/c1-6(5-11)3-2-4-7(8,9)10/h6H,2-5,11H2,1H3. The Balaban J connectivity index is 3.28. The number of hydrogen-bond donors (Lipinski definition) is 1. The zero-order valence-electron chi connectivity index (χ0n) is 6.62. The van der Waals surface area contributed by atoms with Crippen LogP contribution in [0.1, 0.15) is 26.2 Å². The molecule has 0 aliphatic rings. The van der Waals surface area contributed by atoms with Crippen molar-refractivity contribution in [2.75, 3.05) is 6.54 Å². The quantitative estimate of drug-likeness (QED) is 0.686. The van der Waals surface area contributed by atoms with Gasteiger partial charge in [0.1, 0.15) is 0 Å². The van der Waals surface area contributed by atoms with Crippen molar-refractivity contribution in [2.45, 2.75) is 32.4 Å². The summed E-state index contributed by atoms with van der Waals surface area (Å²) >= 11 is 0. The molecule has 0 spiro atoms. The summed E-state index contributed by atoms with van der Waals surface area (Å²) in [5, 5.41) is 0. The van der Waals surface area contributed by atoms with Crippen LogP contribution in [0.25, 0.3) is 0 Å². The first kappa shape index (κ1) is 10.8. The molecule has 4 heteroatoms. The highest BCUT2D eigenvalue weighted by molar-refractivity contribution is 4.56. The normalized spacial score (nSPS) is 15.0. The van der Waals surface area contributed by atoms with Gasteiger partial charge >= 0.3 is 6.18 Å². The zero-order chi connectivity index (χ0) is 8.91. The molecule has 1 atom stereocenters. The van der Waals surface area contributed by atoms with Gasteiger partial charge in [-0.3, -0.25) is 0 Å². The predicted octanol–water partition coefficient (Wildman–Crippen LogP) is 2.31. The summed E-state index contributed by atoms with van der Waals surface area (Å²) in [4.78, 5) is 0. The fraction of sp³-hybridized carbons (Fsp3) is 1.00. The minimum Gasteiger partial charge on any atom is -0.330 e. The summed E-state index contributed by atoms with van der Waals surface area (Å²) in [5.41, 5.74) is 5.24. The lowest BCUT2D eigenvalue weighted by atomic mass is 10.0. The van der Waals surface area contributed by atoms with E-state index in [-0.39, 0.29) is 12.3 Å². The zero-order valence-corrected chi connectivity index (χ0v) is 6.62. The third-order valence-electron chi connectivity index (χ3n) is 1.56. The van der Waals surface area contributed by atoms with E-state index in [2.05, 4.69) is 0 Å². The van der Waals surface area contributed by atoms with E-state index in [0.717, 1.165) is 0 Å². The monoisotopic (exact) mass is 169 g/mol. The smallest absolute Gasteiger partial charge is 0.330 e. The van der Waals surface area contributed by atoms with Gasteiger partial charge in [-0.25, -0.2) is 0 Å². The van der Waals surface area contributed by atoms with Crippen LogP contribution in [0, 0.1) is 5.92 Å². The fourth-order valence-electron chi connectivity index (χ4n) is 0.769. The molecule has 0 saturated carbocycles. The summed E-state index contributed by atoms with van der Waals surface area (Å²) in [6.07, 6.45) is -3.93. The average Bonchev–Trinajstić information content (AvgIpc) is 1.85. The van der Waals surface area contributed by atoms with Crippen molar-refractivity contribution in [3.63, 3.8) is 0 Å². The van der Waals surface area contributed by atoms with Crippen LogP contribution in [-0.2, 0) is 0 Å². The van der Waals surface area contributed by atoms with Crippen molar-refractivity contribution >= 4 is 0 Å². The van der Waals surface area contributed by atoms with Gasteiger partial charge in [0.25, 0.3) is 0 Å². The summed E-state index contributed by atoms with van der Waals surface area (Å²) in [6, 6.07) is 0. The maximum Gasteiger partial charge on any atom is 0.389 e. The molecule has 0 rings (SSSR count). The van der Waals surface area contributed by atoms with Gasteiger partial charge in [-0.15, -0.1) is 0 Å². The third kappa shape index (κ3) is 7.65. The lowest BCUT2D eigenvalue weighted by Crippen LogP contribution is -2.12. The van der Waals surface area contributed by atoms with Crippen molar-refractivity contribution in [1.29, 1.82) is 0 Å². The molecule has 11 heavy (non-hydrogen) atoms. The van der Waals surface area contributed by atoms with E-state index in [9.17, 15) is 13.2 Å². The second-order valence-corrected chi connectivity index (χ2v) is 2.85. The van der Waals surface area contributed by atoms with Crippen LogP contribution in [0.3, 0.4) is 0 Å². The minimum atomic E-state index is -4.01. The maximum atomic E-state index is 11.6. The number of rotatable bonds is 4. The van der Waals surface area contributed by atoms with E-state index < -0.39 is 12.6 Å². The Bertz CT molecular complexity index is 100. The van der Waals surface area contributed by atoms with E-state index in [1.54, 1.807) is 0 Å². The maximum absolute atomic E-state index is 11.6. The van der Waals surface area contributed by atoms with Crippen molar-refractivity contribution in [1.82, 2.24) is 0 Å². The molecule has 0 radical (unpaired) electrons. The molecule has 0 aromatic heterocycles. The van der Waals surface area contributed by atoms with Crippen molar-refractivity contribution in [2.24, 2.45) is 11.7 Å². The SMILES string of the molecule is CC(CN)CCCC(F)(F)F. The Morgan fingerprint density at radius 1 is 1.36 bits per heavy atom. The van der Waals surface area contributed by atoms with Gasteiger partial charge in [0.15, 0.2) is 0 Å². The molecule has 0 amide bonds. The van der Waals surface area contributed by atoms with E-state index >= 15 is 0 Å². The summed E-state index contributed by atoms with van der Waals surface area (Å²) in [5.74, 6) is 0.206. The highest BCUT2D eigenvalue weighted by Gasteiger charge is 2.26. The van der Waals surface area contributed by atoms with Gasteiger partial charge in [-0.2, -0.15) is 13.2 Å². The van der Waals surface area contributed by atoms with E-state index in [4.69, 9.17) is 5.73 Å². The van der Waals surface area contributed by atoms with E-state index in [1.165, 1.54) is 0 Å². The number of nitrogens with two attached hydrogens (primary N) is 1. The van der Waals surface area contributed by atoms with Gasteiger partial charge in [0.05, 0.1) is 0 Å². The molecule has 0 aliphatic heterocycles. The van der Waals surface area contributed by atoms with E-state index in [1.807, 2.05) is 6.92 Å². The van der Waals surface area contributed by atoms with Crippen LogP contribution in [0.2, 0.25) is 0 Å². The largest absolute Gasteiger partial charge is 0.389 e. The molecule has 1 unspecified atom stereocenters. The van der Waals surface area contributed by atoms with Crippen LogP contribution in [-0.4, -0.2) is 12.7 Å². The summed E-state index contributed by atoms with van der Waals surface area (Å²) < 4.78 is 34.7. The second kappa shape index (κ2) is 4.59. The summed E-state index contributed by atoms with van der Waals surface area (Å²) in [6.45, 7) is 2.33. The Kier molecular flexibility index (Phi) is 4.49. The van der Waals surface area contributed by atoms with Crippen LogP contribution in [0.15, 0.2) is 0 Å². The summed E-state index contributed by atoms with van der Waals surface area (Å²) in [7, 11) is 0. The molecule has 0 aromatic carbocycles. The van der Waals surface area contributed by atoms with Gasteiger partial charge in [0.2, 0.25) is 0 Å². The highest BCUT2D eigenvalue weighted by atomic mass is 19.4. The van der Waals surface area contributed by atoms with Crippen LogP contribution in [0.5, 0.6) is 0 Å². The van der Waals surface area contributed by atoms with Crippen LogP contribution < -0.4 is 5.73 Å². The highest BCUT2D eigenvalue weighted by Crippen LogP contribution is 2.23. The number of halogens is 3. The lowest BCUT2D eigenvalue weighted by molar-refractivity contribution is -0.136.